The SMILES string of the molecule is CC(N)C(=O)O[C@@H](C)C(c1ccc(F)cc1)c1ccc(F)cc1.Cl. The predicted molar refractivity (Wildman–Crippen MR) is 91.1 cm³/mol. The van der Waals surface area contributed by atoms with E-state index in [-0.39, 0.29) is 30.0 Å². The molecule has 0 aliphatic heterocycles. The maximum atomic E-state index is 13.2. The monoisotopic (exact) mass is 355 g/mol. The van der Waals surface area contributed by atoms with E-state index in [2.05, 4.69) is 0 Å². The van der Waals surface area contributed by atoms with E-state index in [4.69, 9.17) is 10.5 Å². The molecule has 0 aromatic heterocycles. The van der Waals surface area contributed by atoms with Gasteiger partial charge in [-0.25, -0.2) is 8.78 Å². The van der Waals surface area contributed by atoms with Gasteiger partial charge in [0.2, 0.25) is 0 Å². The topological polar surface area (TPSA) is 52.3 Å². The number of esters is 1. The van der Waals surface area contributed by atoms with E-state index in [1.807, 2.05) is 0 Å². The lowest BCUT2D eigenvalue weighted by Gasteiger charge is -2.26. The Morgan fingerprint density at radius 2 is 1.29 bits per heavy atom. The summed E-state index contributed by atoms with van der Waals surface area (Å²) in [6, 6.07) is 11.1. The van der Waals surface area contributed by atoms with E-state index in [0.29, 0.717) is 0 Å². The van der Waals surface area contributed by atoms with E-state index >= 15 is 0 Å². The molecule has 0 bridgehead atoms. The van der Waals surface area contributed by atoms with Crippen LogP contribution in [0.4, 0.5) is 8.78 Å². The third-order valence-corrected chi connectivity index (χ3v) is 3.60. The molecule has 0 fully saturated rings. The first-order valence-electron chi connectivity index (χ1n) is 7.35. The molecule has 2 N–H and O–H groups in total. The molecule has 2 rings (SSSR count). The van der Waals surface area contributed by atoms with Crippen LogP contribution in [0.5, 0.6) is 0 Å². The molecule has 0 saturated carbocycles. The van der Waals surface area contributed by atoms with Gasteiger partial charge in [-0.05, 0) is 49.2 Å². The Morgan fingerprint density at radius 3 is 1.62 bits per heavy atom. The maximum absolute atomic E-state index is 13.2. The second-order valence-corrected chi connectivity index (χ2v) is 5.51. The van der Waals surface area contributed by atoms with Crippen molar-refractivity contribution in [3.8, 4) is 0 Å². The number of benzene rings is 2. The quantitative estimate of drug-likeness (QED) is 0.830. The molecule has 3 nitrogen and oxygen atoms in total. The summed E-state index contributed by atoms with van der Waals surface area (Å²) >= 11 is 0. The Bertz CT molecular complexity index is 614. The van der Waals surface area contributed by atoms with Crippen LogP contribution in [-0.4, -0.2) is 18.1 Å². The van der Waals surface area contributed by atoms with Gasteiger partial charge in [-0.15, -0.1) is 12.4 Å². The Morgan fingerprint density at radius 1 is 0.917 bits per heavy atom. The lowest BCUT2D eigenvalue weighted by atomic mass is 9.87. The number of carbonyl (C=O) groups is 1. The second-order valence-electron chi connectivity index (χ2n) is 5.51. The first-order valence-corrected chi connectivity index (χ1v) is 7.35. The van der Waals surface area contributed by atoms with Gasteiger partial charge < -0.3 is 10.5 Å². The number of hydrogen-bond acceptors (Lipinski definition) is 3. The summed E-state index contributed by atoms with van der Waals surface area (Å²) in [5.74, 6) is -1.58. The molecule has 24 heavy (non-hydrogen) atoms. The molecule has 0 spiro atoms. The van der Waals surface area contributed by atoms with Crippen molar-refractivity contribution in [2.45, 2.75) is 31.9 Å². The molecule has 0 amide bonds. The van der Waals surface area contributed by atoms with Gasteiger partial charge in [-0.2, -0.15) is 0 Å². The summed E-state index contributed by atoms with van der Waals surface area (Å²) in [6.45, 7) is 3.28. The fraction of sp³-hybridized carbons (Fsp3) is 0.278. The van der Waals surface area contributed by atoms with Gasteiger partial charge in [0.05, 0.1) is 0 Å². The Labute approximate surface area is 146 Å². The van der Waals surface area contributed by atoms with Crippen LogP contribution in [0.3, 0.4) is 0 Å². The van der Waals surface area contributed by atoms with Crippen LogP contribution in [0, 0.1) is 11.6 Å². The average Bonchev–Trinajstić information content (AvgIpc) is 2.51. The van der Waals surface area contributed by atoms with E-state index in [9.17, 15) is 13.6 Å². The summed E-state index contributed by atoms with van der Waals surface area (Å²) in [7, 11) is 0. The zero-order chi connectivity index (χ0) is 17.0. The van der Waals surface area contributed by atoms with Gasteiger partial charge in [0, 0.05) is 5.92 Å². The molecule has 0 saturated heterocycles. The fourth-order valence-corrected chi connectivity index (χ4v) is 2.43. The van der Waals surface area contributed by atoms with Crippen molar-refractivity contribution < 1.29 is 18.3 Å². The zero-order valence-electron chi connectivity index (χ0n) is 13.4. The molecule has 0 aliphatic carbocycles. The van der Waals surface area contributed by atoms with Crippen molar-refractivity contribution in [1.29, 1.82) is 0 Å². The molecule has 6 heteroatoms. The number of nitrogens with two attached hydrogens (primary N) is 1. The standard InChI is InChI=1S/C18H19F2NO2.ClH/c1-11(21)18(22)23-12(2)17(13-3-7-15(19)8-4-13)14-5-9-16(20)10-6-14;/h3-12,17H,21H2,1-2H3;1H/t11?,12-;/m0./s1. The zero-order valence-corrected chi connectivity index (χ0v) is 14.2. The lowest BCUT2D eigenvalue weighted by molar-refractivity contribution is -0.149. The van der Waals surface area contributed by atoms with Crippen molar-refractivity contribution >= 4 is 18.4 Å². The molecular formula is C18H20ClF2NO2. The van der Waals surface area contributed by atoms with Crippen molar-refractivity contribution in [2.75, 3.05) is 0 Å². The molecule has 0 radical (unpaired) electrons. The first-order chi connectivity index (χ1) is 10.9. The van der Waals surface area contributed by atoms with Gasteiger partial charge in [-0.1, -0.05) is 24.3 Å². The van der Waals surface area contributed by atoms with Crippen LogP contribution in [0.25, 0.3) is 0 Å². The number of carbonyl (C=O) groups excluding carboxylic acids is 1. The van der Waals surface area contributed by atoms with E-state index in [1.54, 1.807) is 38.1 Å². The van der Waals surface area contributed by atoms with Crippen LogP contribution in [0.2, 0.25) is 0 Å². The lowest BCUT2D eigenvalue weighted by Crippen LogP contribution is -2.33. The van der Waals surface area contributed by atoms with Crippen LogP contribution >= 0.6 is 12.4 Å². The van der Waals surface area contributed by atoms with Gasteiger partial charge in [0.15, 0.2) is 0 Å². The molecule has 2 aromatic carbocycles. The highest BCUT2D eigenvalue weighted by atomic mass is 35.5. The van der Waals surface area contributed by atoms with Crippen molar-refractivity contribution in [1.82, 2.24) is 0 Å². The molecule has 0 aliphatic rings. The third-order valence-electron chi connectivity index (χ3n) is 3.60. The van der Waals surface area contributed by atoms with Crippen molar-refractivity contribution in [3.05, 3.63) is 71.3 Å². The maximum Gasteiger partial charge on any atom is 0.322 e. The summed E-state index contributed by atoms with van der Waals surface area (Å²) in [4.78, 5) is 11.8. The normalized spacial score (nSPS) is 13.1. The summed E-state index contributed by atoms with van der Waals surface area (Å²) < 4.78 is 31.7. The van der Waals surface area contributed by atoms with E-state index in [1.165, 1.54) is 24.3 Å². The highest BCUT2D eigenvalue weighted by molar-refractivity contribution is 5.85. The molecule has 0 heterocycles. The number of rotatable bonds is 5. The summed E-state index contributed by atoms with van der Waals surface area (Å²) in [6.07, 6.45) is -0.538. The predicted octanol–water partition coefficient (Wildman–Crippen LogP) is 3.80. The average molecular weight is 356 g/mol. The summed E-state index contributed by atoms with van der Waals surface area (Å²) in [5.41, 5.74) is 7.06. The third kappa shape index (κ3) is 5.01. The Kier molecular flexibility index (Phi) is 7.32. The molecule has 2 atom stereocenters. The van der Waals surface area contributed by atoms with Crippen LogP contribution < -0.4 is 5.73 Å². The molecule has 1 unspecified atom stereocenters. The molecule has 2 aromatic rings. The van der Waals surface area contributed by atoms with Crippen LogP contribution in [-0.2, 0) is 9.53 Å². The second kappa shape index (κ2) is 8.76. The first kappa shape index (κ1) is 20.1. The minimum atomic E-state index is -0.737. The highest BCUT2D eigenvalue weighted by Crippen LogP contribution is 2.30. The summed E-state index contributed by atoms with van der Waals surface area (Å²) in [5, 5.41) is 0. The number of halogens is 3. The van der Waals surface area contributed by atoms with Crippen molar-refractivity contribution in [3.63, 3.8) is 0 Å². The smallest absolute Gasteiger partial charge is 0.322 e. The van der Waals surface area contributed by atoms with Crippen molar-refractivity contribution in [2.24, 2.45) is 5.73 Å². The van der Waals surface area contributed by atoms with Gasteiger partial charge >= 0.3 is 5.97 Å². The van der Waals surface area contributed by atoms with Gasteiger partial charge in [0.1, 0.15) is 23.8 Å². The van der Waals surface area contributed by atoms with Crippen LogP contribution in [0.15, 0.2) is 48.5 Å². The minimum Gasteiger partial charge on any atom is -0.461 e. The van der Waals surface area contributed by atoms with Gasteiger partial charge in [0.25, 0.3) is 0 Å². The van der Waals surface area contributed by atoms with Crippen LogP contribution in [0.1, 0.15) is 30.9 Å². The Hall–Kier alpha value is -1.98. The van der Waals surface area contributed by atoms with Gasteiger partial charge in [-0.3, -0.25) is 4.79 Å². The fourth-order valence-electron chi connectivity index (χ4n) is 2.43. The number of ether oxygens (including phenoxy) is 1. The minimum absolute atomic E-state index is 0. The molecule has 130 valence electrons. The van der Waals surface area contributed by atoms with E-state index in [0.717, 1.165) is 11.1 Å². The Balaban J connectivity index is 0.00000288. The number of hydrogen-bond donors (Lipinski definition) is 1. The molecular weight excluding hydrogens is 336 g/mol. The van der Waals surface area contributed by atoms with E-state index < -0.39 is 18.1 Å². The highest BCUT2D eigenvalue weighted by Gasteiger charge is 2.26. The largest absolute Gasteiger partial charge is 0.461 e.